The zero-order chi connectivity index (χ0) is 16.8. The molecule has 0 amide bonds. The fourth-order valence-electron chi connectivity index (χ4n) is 2.36. The lowest BCUT2D eigenvalue weighted by Gasteiger charge is -2.12. The van der Waals surface area contributed by atoms with Crippen LogP contribution in [0, 0.1) is 20.8 Å². The summed E-state index contributed by atoms with van der Waals surface area (Å²) in [6.07, 6.45) is -4.61. The molecule has 0 saturated heterocycles. The second-order valence-electron chi connectivity index (χ2n) is 5.55. The van der Waals surface area contributed by atoms with Gasteiger partial charge in [0.15, 0.2) is 0 Å². The number of nitrogens with one attached hydrogen (secondary N) is 2. The van der Waals surface area contributed by atoms with Crippen LogP contribution in [-0.4, -0.2) is 15.0 Å². The first-order valence-electron chi connectivity index (χ1n) is 7.03. The van der Waals surface area contributed by atoms with Crippen LogP contribution in [0.25, 0.3) is 11.0 Å². The topological polar surface area (TPSA) is 53.6 Å². The molecule has 4 nitrogen and oxygen atoms in total. The number of nitrogens with zero attached hydrogens (tertiary/aromatic N) is 2. The molecule has 7 heteroatoms. The number of alkyl halides is 3. The Labute approximate surface area is 130 Å². The zero-order valence-corrected chi connectivity index (χ0v) is 12.8. The number of aromatic amines is 1. The molecule has 0 aliphatic heterocycles. The second-order valence-corrected chi connectivity index (χ2v) is 5.55. The summed E-state index contributed by atoms with van der Waals surface area (Å²) < 4.78 is 39.1. The minimum Gasteiger partial charge on any atom is -0.343 e. The van der Waals surface area contributed by atoms with E-state index in [1.54, 1.807) is 13.0 Å². The van der Waals surface area contributed by atoms with Gasteiger partial charge in [0.05, 0.1) is 5.39 Å². The first kappa shape index (κ1) is 15.3. The number of benzene rings is 1. The number of aromatic nitrogens is 3. The highest BCUT2D eigenvalue weighted by atomic mass is 19.4. The van der Waals surface area contributed by atoms with Gasteiger partial charge in [-0.05, 0) is 44.0 Å². The van der Waals surface area contributed by atoms with Crippen LogP contribution in [0.3, 0.4) is 0 Å². The molecule has 0 saturated carbocycles. The van der Waals surface area contributed by atoms with E-state index in [2.05, 4.69) is 20.3 Å². The Morgan fingerprint density at radius 2 is 1.78 bits per heavy atom. The molecule has 3 rings (SSSR count). The lowest BCUT2D eigenvalue weighted by molar-refractivity contribution is -0.144. The van der Waals surface area contributed by atoms with Crippen molar-refractivity contribution < 1.29 is 13.2 Å². The van der Waals surface area contributed by atoms with E-state index in [-0.39, 0.29) is 11.5 Å². The van der Waals surface area contributed by atoms with E-state index in [0.717, 1.165) is 22.5 Å². The third-order valence-corrected chi connectivity index (χ3v) is 3.52. The second kappa shape index (κ2) is 5.26. The molecule has 2 heterocycles. The van der Waals surface area contributed by atoms with Gasteiger partial charge in [0.2, 0.25) is 5.82 Å². The van der Waals surface area contributed by atoms with E-state index in [0.29, 0.717) is 5.39 Å². The maximum atomic E-state index is 13.0. The standard InChI is InChI=1S/C16H15F3N4/c1-8-4-5-9(2)12(6-8)21-14-11-7-10(3)20-13(11)22-15(23-14)16(17,18)19/h4-7H,1-3H3,(H2,20,21,22,23). The third kappa shape index (κ3) is 2.99. The summed E-state index contributed by atoms with van der Waals surface area (Å²) in [4.78, 5) is 10.1. The third-order valence-electron chi connectivity index (χ3n) is 3.52. The number of fused-ring (bicyclic) bond motifs is 1. The van der Waals surface area contributed by atoms with Crippen molar-refractivity contribution in [3.63, 3.8) is 0 Å². The SMILES string of the molecule is Cc1ccc(C)c(Nc2nc(C(F)(F)F)nc3[nH]c(C)cc23)c1. The van der Waals surface area contributed by atoms with Gasteiger partial charge in [-0.3, -0.25) is 0 Å². The maximum Gasteiger partial charge on any atom is 0.451 e. The molecule has 0 spiro atoms. The Morgan fingerprint density at radius 1 is 1.04 bits per heavy atom. The number of rotatable bonds is 2. The van der Waals surface area contributed by atoms with E-state index in [9.17, 15) is 13.2 Å². The predicted octanol–water partition coefficient (Wildman–Crippen LogP) is 4.65. The summed E-state index contributed by atoms with van der Waals surface area (Å²) in [7, 11) is 0. The number of anilines is 2. The Balaban J connectivity index is 2.17. The minimum atomic E-state index is -4.61. The monoisotopic (exact) mass is 320 g/mol. The molecule has 0 aliphatic carbocycles. The zero-order valence-electron chi connectivity index (χ0n) is 12.8. The lowest BCUT2D eigenvalue weighted by Crippen LogP contribution is -2.12. The first-order valence-corrected chi connectivity index (χ1v) is 7.03. The molecule has 2 aromatic heterocycles. The van der Waals surface area contributed by atoms with Crippen LogP contribution in [0.1, 0.15) is 22.6 Å². The molecule has 0 aliphatic rings. The summed E-state index contributed by atoms with van der Waals surface area (Å²) in [5.74, 6) is -1.03. The summed E-state index contributed by atoms with van der Waals surface area (Å²) in [6.45, 7) is 5.56. The maximum absolute atomic E-state index is 13.0. The van der Waals surface area contributed by atoms with Crippen LogP contribution in [0.4, 0.5) is 24.7 Å². The van der Waals surface area contributed by atoms with Crippen LogP contribution in [0.15, 0.2) is 24.3 Å². The van der Waals surface area contributed by atoms with Gasteiger partial charge in [0.1, 0.15) is 11.5 Å². The molecule has 1 aromatic carbocycles. The molecule has 0 radical (unpaired) electrons. The molecule has 0 bridgehead atoms. The molecule has 2 N–H and O–H groups in total. The molecule has 0 unspecified atom stereocenters. The number of hydrogen-bond acceptors (Lipinski definition) is 3. The van der Waals surface area contributed by atoms with Crippen molar-refractivity contribution in [3.8, 4) is 0 Å². The highest BCUT2D eigenvalue weighted by molar-refractivity contribution is 5.90. The fourth-order valence-corrected chi connectivity index (χ4v) is 2.36. The smallest absolute Gasteiger partial charge is 0.343 e. The Morgan fingerprint density at radius 3 is 2.48 bits per heavy atom. The molecule has 3 aromatic rings. The Hall–Kier alpha value is -2.57. The van der Waals surface area contributed by atoms with Crippen molar-refractivity contribution in [2.24, 2.45) is 0 Å². The summed E-state index contributed by atoms with van der Waals surface area (Å²) in [5, 5.41) is 3.54. The van der Waals surface area contributed by atoms with E-state index in [4.69, 9.17) is 0 Å². The van der Waals surface area contributed by atoms with Crippen molar-refractivity contribution in [2.45, 2.75) is 26.9 Å². The van der Waals surface area contributed by atoms with Gasteiger partial charge in [-0.2, -0.15) is 13.2 Å². The number of halogens is 3. The van der Waals surface area contributed by atoms with Crippen molar-refractivity contribution in [2.75, 3.05) is 5.32 Å². The molecule has 0 fully saturated rings. The highest BCUT2D eigenvalue weighted by Crippen LogP contribution is 2.32. The molecular weight excluding hydrogens is 305 g/mol. The number of H-pyrrole nitrogens is 1. The Kier molecular flexibility index (Phi) is 3.50. The van der Waals surface area contributed by atoms with Crippen molar-refractivity contribution in [3.05, 3.63) is 46.9 Å². The van der Waals surface area contributed by atoms with Crippen molar-refractivity contribution in [1.29, 1.82) is 0 Å². The van der Waals surface area contributed by atoms with Crippen molar-refractivity contribution >= 4 is 22.5 Å². The van der Waals surface area contributed by atoms with Crippen LogP contribution in [0.5, 0.6) is 0 Å². The molecular formula is C16H15F3N4. The largest absolute Gasteiger partial charge is 0.451 e. The van der Waals surface area contributed by atoms with Gasteiger partial charge in [-0.25, -0.2) is 9.97 Å². The van der Waals surface area contributed by atoms with Gasteiger partial charge in [0, 0.05) is 11.4 Å². The van der Waals surface area contributed by atoms with Gasteiger partial charge in [-0.15, -0.1) is 0 Å². The summed E-state index contributed by atoms with van der Waals surface area (Å²) in [6, 6.07) is 7.44. The van der Waals surface area contributed by atoms with Gasteiger partial charge in [-0.1, -0.05) is 12.1 Å². The van der Waals surface area contributed by atoms with E-state index >= 15 is 0 Å². The number of hydrogen-bond donors (Lipinski definition) is 2. The lowest BCUT2D eigenvalue weighted by atomic mass is 10.1. The minimum absolute atomic E-state index is 0.139. The summed E-state index contributed by atoms with van der Waals surface area (Å²) >= 11 is 0. The summed E-state index contributed by atoms with van der Waals surface area (Å²) in [5.41, 5.74) is 3.53. The van der Waals surface area contributed by atoms with E-state index in [1.807, 2.05) is 32.0 Å². The van der Waals surface area contributed by atoms with Crippen LogP contribution >= 0.6 is 0 Å². The van der Waals surface area contributed by atoms with E-state index < -0.39 is 12.0 Å². The average molecular weight is 320 g/mol. The van der Waals surface area contributed by atoms with Gasteiger partial charge >= 0.3 is 6.18 Å². The Bertz CT molecular complexity index is 881. The molecule has 23 heavy (non-hydrogen) atoms. The normalized spacial score (nSPS) is 11.9. The predicted molar refractivity (Wildman–Crippen MR) is 82.8 cm³/mol. The fraction of sp³-hybridized carbons (Fsp3) is 0.250. The first-order chi connectivity index (χ1) is 10.7. The van der Waals surface area contributed by atoms with Gasteiger partial charge < -0.3 is 10.3 Å². The van der Waals surface area contributed by atoms with Crippen LogP contribution in [-0.2, 0) is 6.18 Å². The highest BCUT2D eigenvalue weighted by Gasteiger charge is 2.36. The average Bonchev–Trinajstić information content (AvgIpc) is 2.82. The van der Waals surface area contributed by atoms with Gasteiger partial charge in [0.25, 0.3) is 0 Å². The molecule has 0 atom stereocenters. The number of aryl methyl sites for hydroxylation is 3. The quantitative estimate of drug-likeness (QED) is 0.723. The molecule has 120 valence electrons. The van der Waals surface area contributed by atoms with Crippen LogP contribution < -0.4 is 5.32 Å². The van der Waals surface area contributed by atoms with Crippen LogP contribution in [0.2, 0.25) is 0 Å². The van der Waals surface area contributed by atoms with Crippen molar-refractivity contribution in [1.82, 2.24) is 15.0 Å². The van der Waals surface area contributed by atoms with E-state index in [1.165, 1.54) is 0 Å².